The van der Waals surface area contributed by atoms with Crippen molar-refractivity contribution < 1.29 is 5.21 Å². The fraction of sp³-hybridized carbons (Fsp3) is 0.333. The highest BCUT2D eigenvalue weighted by atomic mass is 16.4. The summed E-state index contributed by atoms with van der Waals surface area (Å²) in [5.41, 5.74) is 8.33. The largest absolute Gasteiger partial charge is 0.409 e. The third-order valence-corrected chi connectivity index (χ3v) is 3.38. The molecule has 106 valence electrons. The molecule has 20 heavy (non-hydrogen) atoms. The van der Waals surface area contributed by atoms with Gasteiger partial charge in [0.1, 0.15) is 0 Å². The quantitative estimate of drug-likeness (QED) is 0.388. The summed E-state index contributed by atoms with van der Waals surface area (Å²) in [6.45, 7) is 7.16. The Labute approximate surface area is 118 Å². The van der Waals surface area contributed by atoms with Crippen LogP contribution in [0.15, 0.2) is 35.6 Å². The van der Waals surface area contributed by atoms with E-state index >= 15 is 0 Å². The lowest BCUT2D eigenvalue weighted by atomic mass is 10.1. The highest BCUT2D eigenvalue weighted by molar-refractivity contribution is 6.08. The second kappa shape index (κ2) is 5.77. The van der Waals surface area contributed by atoms with Crippen LogP contribution in [-0.2, 0) is 0 Å². The minimum Gasteiger partial charge on any atom is -0.409 e. The number of oxime groups is 1. The Hall–Kier alpha value is -2.30. The highest BCUT2D eigenvalue weighted by Gasteiger charge is 2.19. The summed E-state index contributed by atoms with van der Waals surface area (Å²) in [5.74, 6) is 0.0809. The van der Waals surface area contributed by atoms with Crippen LogP contribution in [-0.4, -0.2) is 28.6 Å². The first kappa shape index (κ1) is 14.1. The standard InChI is InChI=1S/C15H20N4O/c1-4-19(10(2)3)14-11-7-5-6-8-13(11)17-9-12(14)15(16)18-20/h5-10,20H,4H2,1-3H3,(H2,16,18). The molecule has 5 heteroatoms. The van der Waals surface area contributed by atoms with E-state index in [0.29, 0.717) is 11.6 Å². The molecule has 0 aliphatic carbocycles. The van der Waals surface area contributed by atoms with Crippen LogP contribution >= 0.6 is 0 Å². The molecule has 2 rings (SSSR count). The van der Waals surface area contributed by atoms with Crippen molar-refractivity contribution in [3.8, 4) is 0 Å². The predicted molar refractivity (Wildman–Crippen MR) is 82.4 cm³/mol. The molecular weight excluding hydrogens is 252 g/mol. The van der Waals surface area contributed by atoms with Crippen molar-refractivity contribution >= 4 is 22.4 Å². The van der Waals surface area contributed by atoms with Crippen LogP contribution in [0.3, 0.4) is 0 Å². The molecule has 0 aliphatic heterocycles. The van der Waals surface area contributed by atoms with Crippen molar-refractivity contribution in [2.75, 3.05) is 11.4 Å². The van der Waals surface area contributed by atoms with Gasteiger partial charge in [-0.2, -0.15) is 0 Å². The maximum absolute atomic E-state index is 8.99. The number of fused-ring (bicyclic) bond motifs is 1. The molecule has 0 spiro atoms. The van der Waals surface area contributed by atoms with Crippen LogP contribution in [0.5, 0.6) is 0 Å². The first-order chi connectivity index (χ1) is 9.60. The molecule has 0 atom stereocenters. The van der Waals surface area contributed by atoms with Crippen LogP contribution in [0.25, 0.3) is 10.9 Å². The Kier molecular flexibility index (Phi) is 4.08. The fourth-order valence-corrected chi connectivity index (χ4v) is 2.46. The molecule has 0 fully saturated rings. The van der Waals surface area contributed by atoms with Gasteiger partial charge in [0.2, 0.25) is 0 Å². The summed E-state index contributed by atoms with van der Waals surface area (Å²) >= 11 is 0. The van der Waals surface area contributed by atoms with Gasteiger partial charge in [-0.15, -0.1) is 0 Å². The van der Waals surface area contributed by atoms with Gasteiger partial charge in [-0.25, -0.2) is 0 Å². The van der Waals surface area contributed by atoms with Gasteiger partial charge in [-0.3, -0.25) is 4.98 Å². The van der Waals surface area contributed by atoms with E-state index in [2.05, 4.69) is 35.8 Å². The number of hydrogen-bond donors (Lipinski definition) is 2. The minimum atomic E-state index is 0.0809. The predicted octanol–water partition coefficient (Wildman–Crippen LogP) is 2.56. The first-order valence-electron chi connectivity index (χ1n) is 6.72. The number of pyridine rings is 1. The Morgan fingerprint density at radius 1 is 1.40 bits per heavy atom. The number of anilines is 1. The number of aromatic nitrogens is 1. The number of amidine groups is 1. The van der Waals surface area contributed by atoms with Crippen LogP contribution in [0.2, 0.25) is 0 Å². The van der Waals surface area contributed by atoms with Crippen molar-refractivity contribution in [3.05, 3.63) is 36.0 Å². The Morgan fingerprint density at radius 3 is 2.70 bits per heavy atom. The topological polar surface area (TPSA) is 74.7 Å². The number of rotatable bonds is 4. The summed E-state index contributed by atoms with van der Waals surface area (Å²) in [7, 11) is 0. The normalized spacial score (nSPS) is 12.1. The van der Waals surface area contributed by atoms with Crippen LogP contribution in [0.4, 0.5) is 5.69 Å². The smallest absolute Gasteiger partial charge is 0.173 e. The van der Waals surface area contributed by atoms with Crippen molar-refractivity contribution in [2.24, 2.45) is 10.9 Å². The van der Waals surface area contributed by atoms with Gasteiger partial charge in [0.15, 0.2) is 5.84 Å². The molecule has 1 aromatic carbocycles. The average Bonchev–Trinajstić information content (AvgIpc) is 2.47. The number of hydrogen-bond acceptors (Lipinski definition) is 4. The second-order valence-corrected chi connectivity index (χ2v) is 4.90. The van der Waals surface area contributed by atoms with E-state index in [1.165, 1.54) is 0 Å². The van der Waals surface area contributed by atoms with E-state index in [-0.39, 0.29) is 5.84 Å². The summed E-state index contributed by atoms with van der Waals surface area (Å²) in [4.78, 5) is 6.61. The van der Waals surface area contributed by atoms with Crippen molar-refractivity contribution in [3.63, 3.8) is 0 Å². The Morgan fingerprint density at radius 2 is 2.10 bits per heavy atom. The molecular formula is C15H20N4O. The summed E-state index contributed by atoms with van der Waals surface area (Å²) in [5, 5.41) is 13.1. The molecule has 0 unspecified atom stereocenters. The molecule has 0 amide bonds. The lowest BCUT2D eigenvalue weighted by Crippen LogP contribution is -2.33. The molecule has 2 aromatic rings. The van der Waals surface area contributed by atoms with E-state index in [1.54, 1.807) is 6.20 Å². The summed E-state index contributed by atoms with van der Waals surface area (Å²) < 4.78 is 0. The number of para-hydroxylation sites is 1. The third kappa shape index (κ3) is 2.39. The van der Waals surface area contributed by atoms with Gasteiger partial charge in [0, 0.05) is 24.2 Å². The average molecular weight is 272 g/mol. The van der Waals surface area contributed by atoms with Gasteiger partial charge in [-0.05, 0) is 26.8 Å². The van der Waals surface area contributed by atoms with Crippen molar-refractivity contribution in [1.82, 2.24) is 4.98 Å². The lowest BCUT2D eigenvalue weighted by molar-refractivity contribution is 0.318. The second-order valence-electron chi connectivity index (χ2n) is 4.90. The molecule has 1 heterocycles. The van der Waals surface area contributed by atoms with E-state index < -0.39 is 0 Å². The van der Waals surface area contributed by atoms with E-state index in [0.717, 1.165) is 23.1 Å². The lowest BCUT2D eigenvalue weighted by Gasteiger charge is -2.30. The fourth-order valence-electron chi connectivity index (χ4n) is 2.46. The van der Waals surface area contributed by atoms with E-state index in [9.17, 15) is 0 Å². The SMILES string of the molecule is CCN(c1c(/C(N)=N/O)cnc2ccccc12)C(C)C. The minimum absolute atomic E-state index is 0.0809. The molecule has 5 nitrogen and oxygen atoms in total. The van der Waals surface area contributed by atoms with Gasteiger partial charge in [0.05, 0.1) is 16.8 Å². The maximum Gasteiger partial charge on any atom is 0.173 e. The summed E-state index contributed by atoms with van der Waals surface area (Å²) in [6.07, 6.45) is 1.66. The van der Waals surface area contributed by atoms with Crippen LogP contribution < -0.4 is 10.6 Å². The van der Waals surface area contributed by atoms with Crippen LogP contribution in [0.1, 0.15) is 26.3 Å². The molecule has 0 saturated carbocycles. The van der Waals surface area contributed by atoms with Crippen molar-refractivity contribution in [2.45, 2.75) is 26.8 Å². The molecule has 1 aromatic heterocycles. The Balaban J connectivity index is 2.80. The molecule has 3 N–H and O–H groups in total. The molecule has 0 saturated heterocycles. The number of benzene rings is 1. The van der Waals surface area contributed by atoms with Gasteiger partial charge < -0.3 is 15.8 Å². The van der Waals surface area contributed by atoms with Crippen molar-refractivity contribution in [1.29, 1.82) is 0 Å². The zero-order valence-corrected chi connectivity index (χ0v) is 12.0. The Bertz CT molecular complexity index is 637. The third-order valence-electron chi connectivity index (χ3n) is 3.38. The van der Waals surface area contributed by atoms with E-state index in [4.69, 9.17) is 10.9 Å². The molecule has 0 radical (unpaired) electrons. The van der Waals surface area contributed by atoms with Crippen LogP contribution in [0, 0.1) is 0 Å². The van der Waals surface area contributed by atoms with Gasteiger partial charge in [0.25, 0.3) is 0 Å². The van der Waals surface area contributed by atoms with Gasteiger partial charge in [-0.1, -0.05) is 23.4 Å². The number of nitrogens with zero attached hydrogens (tertiary/aromatic N) is 3. The van der Waals surface area contributed by atoms with E-state index in [1.807, 2.05) is 24.3 Å². The zero-order valence-electron chi connectivity index (χ0n) is 12.0. The summed E-state index contributed by atoms with van der Waals surface area (Å²) in [6, 6.07) is 8.20. The molecule has 0 bridgehead atoms. The zero-order chi connectivity index (χ0) is 14.7. The molecule has 0 aliphatic rings. The monoisotopic (exact) mass is 272 g/mol. The van der Waals surface area contributed by atoms with Gasteiger partial charge >= 0.3 is 0 Å². The first-order valence-corrected chi connectivity index (χ1v) is 6.72. The number of nitrogens with two attached hydrogens (primary N) is 1. The maximum atomic E-state index is 8.99. The highest BCUT2D eigenvalue weighted by Crippen LogP contribution is 2.30.